The molecule has 0 aliphatic rings. The molecule has 0 saturated heterocycles. The number of nitrogens with zero attached hydrogens (tertiary/aromatic N) is 4. The Morgan fingerprint density at radius 2 is 1.61 bits per heavy atom. The van der Waals surface area contributed by atoms with E-state index in [1.165, 1.54) is 0 Å². The molecule has 0 N–H and O–H groups in total. The molecule has 166 valence electrons. The number of methoxy groups -OCH3 is 2. The molecular formula is C26H23BrN4O2. The van der Waals surface area contributed by atoms with Gasteiger partial charge in [0, 0.05) is 40.3 Å². The molecule has 0 spiro atoms. The van der Waals surface area contributed by atoms with Gasteiger partial charge in [-0.1, -0.05) is 58.4 Å². The SMILES string of the molecule is COc1ccc(/C=N/N(C)c2cc(-c3ccccc3)nc(-c3ccc(Br)cc3)n2)c(OC)c1. The van der Waals surface area contributed by atoms with Gasteiger partial charge in [-0.25, -0.2) is 9.97 Å². The standard InChI is InChI=1S/C26H23BrN4O2/c1-31(28-17-20-11-14-22(32-2)15-24(20)33-3)25-16-23(18-7-5-4-6-8-18)29-26(30-25)19-9-12-21(27)13-10-19/h4-17H,1-3H3/b28-17+. The predicted octanol–water partition coefficient (Wildman–Crippen LogP) is 6.06. The van der Waals surface area contributed by atoms with E-state index in [0.717, 1.165) is 32.6 Å². The Bertz CT molecular complexity index is 1260. The van der Waals surface area contributed by atoms with Crippen LogP contribution in [0.25, 0.3) is 22.6 Å². The van der Waals surface area contributed by atoms with Gasteiger partial charge in [-0.15, -0.1) is 0 Å². The molecule has 0 aliphatic carbocycles. The van der Waals surface area contributed by atoms with Crippen LogP contribution in [0, 0.1) is 0 Å². The third-order valence-electron chi connectivity index (χ3n) is 5.03. The molecular weight excluding hydrogens is 480 g/mol. The Kier molecular flexibility index (Phi) is 7.00. The zero-order chi connectivity index (χ0) is 23.2. The third-order valence-corrected chi connectivity index (χ3v) is 5.56. The van der Waals surface area contributed by atoms with E-state index in [2.05, 4.69) is 21.0 Å². The Hall–Kier alpha value is -3.71. The number of halogens is 1. The molecule has 0 bridgehead atoms. The molecule has 0 radical (unpaired) electrons. The van der Waals surface area contributed by atoms with Crippen LogP contribution in [0.15, 0.2) is 88.4 Å². The smallest absolute Gasteiger partial charge is 0.162 e. The maximum Gasteiger partial charge on any atom is 0.162 e. The predicted molar refractivity (Wildman–Crippen MR) is 136 cm³/mol. The molecule has 0 saturated carbocycles. The van der Waals surface area contributed by atoms with Crippen molar-refractivity contribution in [1.29, 1.82) is 0 Å². The van der Waals surface area contributed by atoms with E-state index in [1.54, 1.807) is 25.4 Å². The summed E-state index contributed by atoms with van der Waals surface area (Å²) in [6.07, 6.45) is 1.74. The summed E-state index contributed by atoms with van der Waals surface area (Å²) in [5, 5.41) is 6.32. The minimum Gasteiger partial charge on any atom is -0.497 e. The lowest BCUT2D eigenvalue weighted by Gasteiger charge is -2.15. The van der Waals surface area contributed by atoms with E-state index in [9.17, 15) is 0 Å². The molecule has 3 aromatic carbocycles. The van der Waals surface area contributed by atoms with Crippen molar-refractivity contribution in [2.24, 2.45) is 5.10 Å². The minimum absolute atomic E-state index is 0.628. The summed E-state index contributed by atoms with van der Waals surface area (Å²) in [5.74, 6) is 2.70. The number of hydrogen-bond acceptors (Lipinski definition) is 6. The van der Waals surface area contributed by atoms with E-state index in [0.29, 0.717) is 17.4 Å². The number of benzene rings is 3. The molecule has 4 rings (SSSR count). The van der Waals surface area contributed by atoms with Crippen LogP contribution in [-0.4, -0.2) is 37.4 Å². The zero-order valence-corrected chi connectivity index (χ0v) is 20.2. The average molecular weight is 503 g/mol. The molecule has 0 fully saturated rings. The van der Waals surface area contributed by atoms with Crippen molar-refractivity contribution in [1.82, 2.24) is 9.97 Å². The first kappa shape index (κ1) is 22.5. The third kappa shape index (κ3) is 5.38. The minimum atomic E-state index is 0.628. The van der Waals surface area contributed by atoms with Crippen molar-refractivity contribution in [3.63, 3.8) is 0 Å². The van der Waals surface area contributed by atoms with Crippen molar-refractivity contribution < 1.29 is 9.47 Å². The topological polar surface area (TPSA) is 59.8 Å². The monoisotopic (exact) mass is 502 g/mol. The summed E-state index contributed by atoms with van der Waals surface area (Å²) in [5.41, 5.74) is 3.58. The van der Waals surface area contributed by atoms with Gasteiger partial charge in [0.15, 0.2) is 11.6 Å². The number of hydrogen-bond donors (Lipinski definition) is 0. The number of hydrazone groups is 1. The first-order valence-corrected chi connectivity index (χ1v) is 11.1. The van der Waals surface area contributed by atoms with Gasteiger partial charge >= 0.3 is 0 Å². The molecule has 1 aromatic heterocycles. The van der Waals surface area contributed by atoms with Gasteiger partial charge in [0.1, 0.15) is 11.5 Å². The molecule has 4 aromatic rings. The Balaban J connectivity index is 1.72. The van der Waals surface area contributed by atoms with Gasteiger partial charge < -0.3 is 9.47 Å². The lowest BCUT2D eigenvalue weighted by molar-refractivity contribution is 0.394. The fourth-order valence-corrected chi connectivity index (χ4v) is 3.48. The summed E-state index contributed by atoms with van der Waals surface area (Å²) in [6.45, 7) is 0. The van der Waals surface area contributed by atoms with Crippen LogP contribution in [0.5, 0.6) is 11.5 Å². The lowest BCUT2D eigenvalue weighted by atomic mass is 10.1. The van der Waals surface area contributed by atoms with Crippen molar-refractivity contribution in [3.05, 3.63) is 88.9 Å². The Morgan fingerprint density at radius 1 is 0.848 bits per heavy atom. The summed E-state index contributed by atoms with van der Waals surface area (Å²) in [4.78, 5) is 9.59. The lowest BCUT2D eigenvalue weighted by Crippen LogP contribution is -2.12. The number of aromatic nitrogens is 2. The second-order valence-corrected chi connectivity index (χ2v) is 8.10. The normalized spacial score (nSPS) is 10.9. The highest BCUT2D eigenvalue weighted by atomic mass is 79.9. The summed E-state index contributed by atoms with van der Waals surface area (Å²) in [6, 6.07) is 25.5. The van der Waals surface area contributed by atoms with Gasteiger partial charge in [0.05, 0.1) is 26.1 Å². The maximum atomic E-state index is 5.47. The highest BCUT2D eigenvalue weighted by molar-refractivity contribution is 9.10. The first-order valence-electron chi connectivity index (χ1n) is 10.3. The average Bonchev–Trinajstić information content (AvgIpc) is 2.87. The number of ether oxygens (including phenoxy) is 2. The van der Waals surface area contributed by atoms with Crippen molar-refractivity contribution >= 4 is 28.0 Å². The van der Waals surface area contributed by atoms with Crippen molar-refractivity contribution in [2.75, 3.05) is 26.3 Å². The molecule has 7 heteroatoms. The Morgan fingerprint density at radius 3 is 2.30 bits per heavy atom. The van der Waals surface area contributed by atoms with Gasteiger partial charge in [-0.3, -0.25) is 5.01 Å². The van der Waals surface area contributed by atoms with Crippen LogP contribution in [0.4, 0.5) is 5.82 Å². The first-order chi connectivity index (χ1) is 16.1. The van der Waals surface area contributed by atoms with Crippen molar-refractivity contribution in [2.45, 2.75) is 0 Å². The van der Waals surface area contributed by atoms with Crippen LogP contribution in [0.2, 0.25) is 0 Å². The summed E-state index contributed by atoms with van der Waals surface area (Å²) in [7, 11) is 5.10. The van der Waals surface area contributed by atoms with Gasteiger partial charge in [-0.05, 0) is 24.3 Å². The fraction of sp³-hybridized carbons (Fsp3) is 0.115. The van der Waals surface area contributed by atoms with E-state index >= 15 is 0 Å². The summed E-state index contributed by atoms with van der Waals surface area (Å²) >= 11 is 3.48. The van der Waals surface area contributed by atoms with Gasteiger partial charge in [0.25, 0.3) is 0 Å². The molecule has 33 heavy (non-hydrogen) atoms. The van der Waals surface area contributed by atoms with E-state index in [4.69, 9.17) is 19.4 Å². The quantitative estimate of drug-likeness (QED) is 0.227. The van der Waals surface area contributed by atoms with Crippen LogP contribution in [-0.2, 0) is 0 Å². The molecule has 6 nitrogen and oxygen atoms in total. The molecule has 0 amide bonds. The molecule has 0 aliphatic heterocycles. The second kappa shape index (κ2) is 10.3. The van der Waals surface area contributed by atoms with Crippen LogP contribution < -0.4 is 14.5 Å². The van der Waals surface area contributed by atoms with Crippen LogP contribution >= 0.6 is 15.9 Å². The maximum absolute atomic E-state index is 5.47. The zero-order valence-electron chi connectivity index (χ0n) is 18.6. The van der Waals surface area contributed by atoms with Gasteiger partial charge in [0.2, 0.25) is 0 Å². The number of anilines is 1. The van der Waals surface area contributed by atoms with Crippen LogP contribution in [0.1, 0.15) is 5.56 Å². The molecule has 0 unspecified atom stereocenters. The van der Waals surface area contributed by atoms with Gasteiger partial charge in [-0.2, -0.15) is 5.10 Å². The molecule has 1 heterocycles. The molecule has 0 atom stereocenters. The van der Waals surface area contributed by atoms with E-state index < -0.39 is 0 Å². The van der Waals surface area contributed by atoms with Crippen molar-refractivity contribution in [3.8, 4) is 34.1 Å². The van der Waals surface area contributed by atoms with E-state index in [1.807, 2.05) is 85.9 Å². The second-order valence-electron chi connectivity index (χ2n) is 7.18. The highest BCUT2D eigenvalue weighted by Crippen LogP contribution is 2.27. The highest BCUT2D eigenvalue weighted by Gasteiger charge is 2.12. The summed E-state index contributed by atoms with van der Waals surface area (Å²) < 4.78 is 11.7. The fourth-order valence-electron chi connectivity index (χ4n) is 3.22. The Labute approximate surface area is 201 Å². The largest absolute Gasteiger partial charge is 0.497 e. The van der Waals surface area contributed by atoms with Crippen LogP contribution in [0.3, 0.4) is 0 Å². The number of rotatable bonds is 7. The van der Waals surface area contributed by atoms with E-state index in [-0.39, 0.29) is 0 Å².